The van der Waals surface area contributed by atoms with Crippen molar-refractivity contribution in [3.8, 4) is 17.1 Å². The first kappa shape index (κ1) is 20.8. The highest BCUT2D eigenvalue weighted by molar-refractivity contribution is 5.83. The molecule has 0 unspecified atom stereocenters. The van der Waals surface area contributed by atoms with E-state index in [2.05, 4.69) is 15.3 Å². The minimum atomic E-state index is -0.248. The van der Waals surface area contributed by atoms with Gasteiger partial charge in [0.2, 0.25) is 5.88 Å². The third-order valence-electron chi connectivity index (χ3n) is 5.15. The van der Waals surface area contributed by atoms with Gasteiger partial charge in [-0.05, 0) is 18.2 Å². The monoisotopic (exact) mass is 422 g/mol. The number of hydrogen-bond acceptors (Lipinski definition) is 7. The van der Waals surface area contributed by atoms with Gasteiger partial charge in [-0.15, -0.1) is 0 Å². The van der Waals surface area contributed by atoms with Crippen molar-refractivity contribution in [1.82, 2.24) is 25.2 Å². The fourth-order valence-electron chi connectivity index (χ4n) is 3.46. The molecular weight excluding hydrogens is 396 g/mol. The van der Waals surface area contributed by atoms with Crippen molar-refractivity contribution < 1.29 is 14.3 Å². The number of carbonyl (C=O) groups is 1. The predicted octanol–water partition coefficient (Wildman–Crippen LogP) is 2.18. The van der Waals surface area contributed by atoms with Crippen LogP contribution in [0.25, 0.3) is 22.3 Å². The summed E-state index contributed by atoms with van der Waals surface area (Å²) >= 11 is 0. The van der Waals surface area contributed by atoms with Crippen LogP contribution in [-0.2, 0) is 4.74 Å². The maximum Gasteiger partial charge on any atom is 0.317 e. The van der Waals surface area contributed by atoms with Crippen molar-refractivity contribution in [3.63, 3.8) is 0 Å². The molecule has 0 bridgehead atoms. The number of anilines is 1. The second-order valence-electron chi connectivity index (χ2n) is 7.48. The Morgan fingerprint density at radius 1 is 1.26 bits per heavy atom. The maximum atomic E-state index is 11.9. The molecular formula is C22H26N6O3. The first-order valence-corrected chi connectivity index (χ1v) is 10.2. The number of ether oxygens (including phenoxy) is 2. The molecule has 4 rings (SSSR count). The normalized spacial score (nSPS) is 16.2. The zero-order valence-electron chi connectivity index (χ0n) is 17.9. The maximum absolute atomic E-state index is 11.9. The summed E-state index contributed by atoms with van der Waals surface area (Å²) in [7, 11) is 5.63. The van der Waals surface area contributed by atoms with E-state index in [-0.39, 0.29) is 18.7 Å². The number of aromatic nitrogens is 3. The number of pyridine rings is 1. The Morgan fingerprint density at radius 3 is 2.77 bits per heavy atom. The zero-order chi connectivity index (χ0) is 21.8. The average Bonchev–Trinajstić information content (AvgIpc) is 2.82. The van der Waals surface area contributed by atoms with Crippen LogP contribution in [0.15, 0.2) is 42.7 Å². The molecule has 0 radical (unpaired) electrons. The molecule has 1 N–H and O–H groups in total. The molecule has 9 heteroatoms. The minimum Gasteiger partial charge on any atom is -0.473 e. The van der Waals surface area contributed by atoms with Gasteiger partial charge in [-0.25, -0.2) is 14.8 Å². The minimum absolute atomic E-state index is 0.120. The number of urea groups is 1. The largest absolute Gasteiger partial charge is 0.473 e. The van der Waals surface area contributed by atoms with Crippen LogP contribution < -0.4 is 15.0 Å². The molecule has 3 aromatic rings. The topological polar surface area (TPSA) is 92.7 Å². The lowest BCUT2D eigenvalue weighted by atomic mass is 10.1. The van der Waals surface area contributed by atoms with Gasteiger partial charge in [-0.2, -0.15) is 0 Å². The van der Waals surface area contributed by atoms with Crippen LogP contribution in [0.2, 0.25) is 0 Å². The molecule has 3 heterocycles. The van der Waals surface area contributed by atoms with E-state index in [1.807, 2.05) is 49.3 Å². The molecule has 1 saturated heterocycles. The van der Waals surface area contributed by atoms with E-state index >= 15 is 0 Å². The van der Waals surface area contributed by atoms with E-state index in [1.165, 1.54) is 0 Å². The molecule has 1 atom stereocenters. The number of morpholine rings is 1. The van der Waals surface area contributed by atoms with Gasteiger partial charge < -0.3 is 24.6 Å². The van der Waals surface area contributed by atoms with Crippen LogP contribution in [0.3, 0.4) is 0 Å². The summed E-state index contributed by atoms with van der Waals surface area (Å²) in [6.45, 7) is 1.74. The molecule has 9 nitrogen and oxygen atoms in total. The third kappa shape index (κ3) is 4.66. The van der Waals surface area contributed by atoms with Crippen molar-refractivity contribution in [1.29, 1.82) is 0 Å². The first-order valence-electron chi connectivity index (χ1n) is 10.2. The van der Waals surface area contributed by atoms with E-state index < -0.39 is 0 Å². The number of nitrogens with zero attached hydrogens (tertiary/aromatic N) is 5. The van der Waals surface area contributed by atoms with Gasteiger partial charge in [0.25, 0.3) is 0 Å². The number of hydrogen-bond donors (Lipinski definition) is 1. The van der Waals surface area contributed by atoms with E-state index in [0.29, 0.717) is 36.6 Å². The molecule has 1 aromatic carbocycles. The summed E-state index contributed by atoms with van der Waals surface area (Å²) in [5.74, 6) is 0.401. The molecule has 1 aliphatic heterocycles. The number of fused-ring (bicyclic) bond motifs is 1. The Kier molecular flexibility index (Phi) is 6.13. The highest BCUT2D eigenvalue weighted by Crippen LogP contribution is 2.28. The van der Waals surface area contributed by atoms with Crippen molar-refractivity contribution in [3.05, 3.63) is 42.7 Å². The molecule has 31 heavy (non-hydrogen) atoms. The third-order valence-corrected chi connectivity index (χ3v) is 5.15. The quantitative estimate of drug-likeness (QED) is 0.674. The fourth-order valence-corrected chi connectivity index (χ4v) is 3.46. The SMILES string of the molecule is CNC(=O)N1CCO[C@H](COc2nc(-c3ccc(N(C)C)cc3)cc3nccnc23)C1. The molecule has 0 saturated carbocycles. The van der Waals surface area contributed by atoms with Gasteiger partial charge in [0.1, 0.15) is 12.7 Å². The van der Waals surface area contributed by atoms with Gasteiger partial charge in [-0.1, -0.05) is 12.1 Å². The van der Waals surface area contributed by atoms with Crippen LogP contribution >= 0.6 is 0 Å². The van der Waals surface area contributed by atoms with Crippen molar-refractivity contribution in [2.24, 2.45) is 0 Å². The van der Waals surface area contributed by atoms with Crippen molar-refractivity contribution >= 4 is 22.8 Å². The van der Waals surface area contributed by atoms with E-state index in [9.17, 15) is 4.79 Å². The lowest BCUT2D eigenvalue weighted by Crippen LogP contribution is -2.50. The highest BCUT2D eigenvalue weighted by Gasteiger charge is 2.24. The van der Waals surface area contributed by atoms with E-state index in [4.69, 9.17) is 14.5 Å². The second kappa shape index (κ2) is 9.13. The number of carbonyl (C=O) groups excluding carboxylic acids is 1. The Morgan fingerprint density at radius 2 is 2.03 bits per heavy atom. The van der Waals surface area contributed by atoms with E-state index in [0.717, 1.165) is 16.9 Å². The number of nitrogens with one attached hydrogen (secondary N) is 1. The van der Waals surface area contributed by atoms with Gasteiger partial charge in [0, 0.05) is 51.3 Å². The van der Waals surface area contributed by atoms with Gasteiger partial charge >= 0.3 is 6.03 Å². The van der Waals surface area contributed by atoms with Crippen molar-refractivity contribution in [2.45, 2.75) is 6.10 Å². The molecule has 1 aliphatic rings. The molecule has 1 fully saturated rings. The van der Waals surface area contributed by atoms with Crippen LogP contribution in [0.5, 0.6) is 5.88 Å². The second-order valence-corrected chi connectivity index (χ2v) is 7.48. The average molecular weight is 422 g/mol. The number of benzene rings is 1. The summed E-state index contributed by atoms with van der Waals surface area (Å²) in [6, 6.07) is 9.92. The Bertz CT molecular complexity index is 1060. The fraction of sp³-hybridized carbons (Fsp3) is 0.364. The Balaban J connectivity index is 1.57. The lowest BCUT2D eigenvalue weighted by Gasteiger charge is -2.32. The van der Waals surface area contributed by atoms with Gasteiger partial charge in [0.05, 0.1) is 24.4 Å². The van der Waals surface area contributed by atoms with Crippen LogP contribution in [0, 0.1) is 0 Å². The molecule has 162 valence electrons. The number of amides is 2. The summed E-state index contributed by atoms with van der Waals surface area (Å²) in [5.41, 5.74) is 4.12. The lowest BCUT2D eigenvalue weighted by molar-refractivity contribution is -0.0354. The highest BCUT2D eigenvalue weighted by atomic mass is 16.5. The van der Waals surface area contributed by atoms with Gasteiger partial charge in [0.15, 0.2) is 5.52 Å². The predicted molar refractivity (Wildman–Crippen MR) is 118 cm³/mol. The summed E-state index contributed by atoms with van der Waals surface area (Å²) in [5, 5.41) is 2.65. The van der Waals surface area contributed by atoms with Crippen LogP contribution in [0.4, 0.5) is 10.5 Å². The zero-order valence-corrected chi connectivity index (χ0v) is 17.9. The molecule has 0 spiro atoms. The summed E-state index contributed by atoms with van der Waals surface area (Å²) in [6.07, 6.45) is 3.02. The Labute approximate surface area is 181 Å². The summed E-state index contributed by atoms with van der Waals surface area (Å²) in [4.78, 5) is 29.2. The van der Waals surface area contributed by atoms with Crippen LogP contribution in [0.1, 0.15) is 0 Å². The van der Waals surface area contributed by atoms with Crippen molar-refractivity contribution in [2.75, 3.05) is 52.3 Å². The van der Waals surface area contributed by atoms with Gasteiger partial charge in [-0.3, -0.25) is 4.98 Å². The Hall–Kier alpha value is -3.46. The first-order chi connectivity index (χ1) is 15.0. The molecule has 2 aromatic heterocycles. The standard InChI is InChI=1S/C22H26N6O3/c1-23-22(29)28-10-11-30-17(13-28)14-31-21-20-19(24-8-9-25-20)12-18(26-21)15-4-6-16(7-5-15)27(2)3/h4-9,12,17H,10-11,13-14H2,1-3H3,(H,23,29)/t17-/m0/s1. The molecule has 0 aliphatic carbocycles. The smallest absolute Gasteiger partial charge is 0.317 e. The summed E-state index contributed by atoms with van der Waals surface area (Å²) < 4.78 is 11.8. The van der Waals surface area contributed by atoms with E-state index in [1.54, 1.807) is 24.3 Å². The number of rotatable bonds is 5. The molecule has 2 amide bonds. The van der Waals surface area contributed by atoms with Crippen LogP contribution in [-0.4, -0.2) is 79.4 Å².